The zero-order valence-corrected chi connectivity index (χ0v) is 13.9. The number of piperidine rings is 1. The Morgan fingerprint density at radius 3 is 2.64 bits per heavy atom. The Kier molecular flexibility index (Phi) is 5.37. The molecule has 22 heavy (non-hydrogen) atoms. The Morgan fingerprint density at radius 2 is 2.00 bits per heavy atom. The Hall–Kier alpha value is -0.650. The van der Waals surface area contributed by atoms with Gasteiger partial charge in [-0.15, -0.1) is 0 Å². The van der Waals surface area contributed by atoms with Crippen molar-refractivity contribution in [3.63, 3.8) is 0 Å². The van der Waals surface area contributed by atoms with E-state index in [1.54, 1.807) is 7.11 Å². The third-order valence-electron chi connectivity index (χ3n) is 5.61. The summed E-state index contributed by atoms with van der Waals surface area (Å²) in [6.07, 6.45) is 5.57. The van der Waals surface area contributed by atoms with Gasteiger partial charge in [-0.3, -0.25) is 9.69 Å². The smallest absolute Gasteiger partial charge is 0.231 e. The quantitative estimate of drug-likeness (QED) is 0.769. The molecular weight excluding hydrogens is 280 g/mol. The number of rotatable bonds is 5. The number of hydrogen-bond donors (Lipinski definition) is 0. The standard InChI is InChI=1S/C17H30N2O3/c1-21-14-17(5-3-6-17)16(20)19-7-2-4-15(13-19)12-18-8-10-22-11-9-18/h15H,2-14H2,1H3/t15-/m1/s1. The van der Waals surface area contributed by atoms with E-state index in [9.17, 15) is 4.79 Å². The molecule has 0 N–H and O–H groups in total. The highest BCUT2D eigenvalue weighted by atomic mass is 16.5. The van der Waals surface area contributed by atoms with Gasteiger partial charge in [0.2, 0.25) is 5.91 Å². The van der Waals surface area contributed by atoms with Crippen LogP contribution in [0, 0.1) is 11.3 Å². The van der Waals surface area contributed by atoms with Crippen molar-refractivity contribution in [2.45, 2.75) is 32.1 Å². The normalized spacial score (nSPS) is 29.1. The van der Waals surface area contributed by atoms with E-state index < -0.39 is 0 Å². The number of methoxy groups -OCH3 is 1. The van der Waals surface area contributed by atoms with Crippen molar-refractivity contribution in [2.75, 3.05) is 59.7 Å². The third kappa shape index (κ3) is 3.47. The van der Waals surface area contributed by atoms with Crippen LogP contribution in [-0.2, 0) is 14.3 Å². The molecule has 1 amide bonds. The molecule has 0 aromatic rings. The molecular formula is C17H30N2O3. The van der Waals surface area contributed by atoms with Crippen LogP contribution in [0.1, 0.15) is 32.1 Å². The SMILES string of the molecule is COCC1(C(=O)N2CCC[C@H](CN3CCOCC3)C2)CCC1. The lowest BCUT2D eigenvalue weighted by atomic mass is 9.68. The van der Waals surface area contributed by atoms with Crippen molar-refractivity contribution in [1.29, 1.82) is 0 Å². The van der Waals surface area contributed by atoms with Crippen LogP contribution in [0.15, 0.2) is 0 Å². The predicted octanol–water partition coefficient (Wildman–Crippen LogP) is 1.37. The molecule has 126 valence electrons. The predicted molar refractivity (Wildman–Crippen MR) is 84.7 cm³/mol. The molecule has 3 fully saturated rings. The summed E-state index contributed by atoms with van der Waals surface area (Å²) in [4.78, 5) is 17.6. The molecule has 0 aromatic carbocycles. The molecule has 1 aliphatic carbocycles. The summed E-state index contributed by atoms with van der Waals surface area (Å²) in [7, 11) is 1.71. The molecule has 2 heterocycles. The topological polar surface area (TPSA) is 42.0 Å². The molecule has 0 spiro atoms. The molecule has 1 saturated carbocycles. The van der Waals surface area contributed by atoms with Crippen molar-refractivity contribution in [2.24, 2.45) is 11.3 Å². The fraction of sp³-hybridized carbons (Fsp3) is 0.941. The molecule has 3 aliphatic rings. The molecule has 0 bridgehead atoms. The van der Waals surface area contributed by atoms with Gasteiger partial charge >= 0.3 is 0 Å². The first-order valence-electron chi connectivity index (χ1n) is 8.82. The second-order valence-electron chi connectivity index (χ2n) is 7.24. The van der Waals surface area contributed by atoms with E-state index >= 15 is 0 Å². The summed E-state index contributed by atoms with van der Waals surface area (Å²) in [5, 5.41) is 0. The Bertz CT molecular complexity index is 378. The Balaban J connectivity index is 1.54. The second-order valence-corrected chi connectivity index (χ2v) is 7.24. The van der Waals surface area contributed by atoms with Crippen molar-refractivity contribution >= 4 is 5.91 Å². The lowest BCUT2D eigenvalue weighted by Gasteiger charge is -2.45. The Morgan fingerprint density at radius 1 is 1.23 bits per heavy atom. The summed E-state index contributed by atoms with van der Waals surface area (Å²) in [6.45, 7) is 7.36. The number of hydrogen-bond acceptors (Lipinski definition) is 4. The number of carbonyl (C=O) groups excluding carboxylic acids is 1. The first kappa shape index (κ1) is 16.2. The Labute approximate surface area is 133 Å². The third-order valence-corrected chi connectivity index (χ3v) is 5.61. The van der Waals surface area contributed by atoms with Gasteiger partial charge in [-0.25, -0.2) is 0 Å². The van der Waals surface area contributed by atoms with Crippen molar-refractivity contribution < 1.29 is 14.3 Å². The first-order valence-corrected chi connectivity index (χ1v) is 8.82. The average Bonchev–Trinajstić information content (AvgIpc) is 2.51. The highest BCUT2D eigenvalue weighted by Gasteiger charge is 2.47. The number of carbonyl (C=O) groups is 1. The molecule has 0 unspecified atom stereocenters. The van der Waals surface area contributed by atoms with Crippen LogP contribution in [0.25, 0.3) is 0 Å². The zero-order valence-electron chi connectivity index (χ0n) is 13.9. The van der Waals surface area contributed by atoms with Crippen LogP contribution in [0.4, 0.5) is 0 Å². The number of morpholine rings is 1. The summed E-state index contributed by atoms with van der Waals surface area (Å²) >= 11 is 0. The molecule has 2 aliphatic heterocycles. The number of amides is 1. The summed E-state index contributed by atoms with van der Waals surface area (Å²) in [5.41, 5.74) is -0.199. The molecule has 0 aromatic heterocycles. The minimum Gasteiger partial charge on any atom is -0.384 e. The number of nitrogens with zero attached hydrogens (tertiary/aromatic N) is 2. The van der Waals surface area contributed by atoms with E-state index in [2.05, 4.69) is 9.80 Å². The van der Waals surface area contributed by atoms with Gasteiger partial charge in [0.25, 0.3) is 0 Å². The number of ether oxygens (including phenoxy) is 2. The fourth-order valence-electron chi connectivity index (χ4n) is 4.18. The van der Waals surface area contributed by atoms with E-state index in [0.29, 0.717) is 18.4 Å². The van der Waals surface area contributed by atoms with Crippen LogP contribution < -0.4 is 0 Å². The van der Waals surface area contributed by atoms with Gasteiger partial charge in [0, 0.05) is 39.8 Å². The zero-order chi connectivity index (χ0) is 15.4. The molecule has 3 rings (SSSR count). The molecule has 5 nitrogen and oxygen atoms in total. The van der Waals surface area contributed by atoms with Gasteiger partial charge in [0.1, 0.15) is 0 Å². The van der Waals surface area contributed by atoms with Gasteiger partial charge in [-0.1, -0.05) is 6.42 Å². The highest BCUT2D eigenvalue weighted by molar-refractivity contribution is 5.84. The van der Waals surface area contributed by atoms with Crippen molar-refractivity contribution in [3.05, 3.63) is 0 Å². The van der Waals surface area contributed by atoms with E-state index in [-0.39, 0.29) is 5.41 Å². The van der Waals surface area contributed by atoms with E-state index in [1.165, 1.54) is 12.8 Å². The maximum absolute atomic E-state index is 12.9. The molecule has 5 heteroatoms. The van der Waals surface area contributed by atoms with Gasteiger partial charge < -0.3 is 14.4 Å². The maximum Gasteiger partial charge on any atom is 0.231 e. The minimum atomic E-state index is -0.199. The molecule has 1 atom stereocenters. The summed E-state index contributed by atoms with van der Waals surface area (Å²) in [6, 6.07) is 0. The maximum atomic E-state index is 12.9. The van der Waals surface area contributed by atoms with E-state index in [0.717, 1.165) is 65.2 Å². The van der Waals surface area contributed by atoms with Crippen molar-refractivity contribution in [1.82, 2.24) is 9.80 Å². The van der Waals surface area contributed by atoms with Gasteiger partial charge in [-0.05, 0) is 31.6 Å². The van der Waals surface area contributed by atoms with Gasteiger partial charge in [-0.2, -0.15) is 0 Å². The van der Waals surface area contributed by atoms with Crippen LogP contribution in [0.5, 0.6) is 0 Å². The van der Waals surface area contributed by atoms with Crippen LogP contribution in [-0.4, -0.2) is 75.4 Å². The molecule has 0 radical (unpaired) electrons. The highest BCUT2D eigenvalue weighted by Crippen LogP contribution is 2.43. The number of likely N-dealkylation sites (tertiary alicyclic amines) is 1. The molecule has 2 saturated heterocycles. The summed E-state index contributed by atoms with van der Waals surface area (Å²) in [5.74, 6) is 0.975. The fourth-order valence-corrected chi connectivity index (χ4v) is 4.18. The first-order chi connectivity index (χ1) is 10.7. The monoisotopic (exact) mass is 310 g/mol. The average molecular weight is 310 g/mol. The van der Waals surface area contributed by atoms with Crippen LogP contribution in [0.2, 0.25) is 0 Å². The van der Waals surface area contributed by atoms with Crippen molar-refractivity contribution in [3.8, 4) is 0 Å². The van der Waals surface area contributed by atoms with Gasteiger partial charge in [0.05, 0.1) is 25.2 Å². The van der Waals surface area contributed by atoms with E-state index in [4.69, 9.17) is 9.47 Å². The lowest BCUT2D eigenvalue weighted by Crippen LogP contribution is -2.54. The van der Waals surface area contributed by atoms with Crippen LogP contribution >= 0.6 is 0 Å². The minimum absolute atomic E-state index is 0.199. The largest absolute Gasteiger partial charge is 0.384 e. The van der Waals surface area contributed by atoms with Crippen LogP contribution in [0.3, 0.4) is 0 Å². The van der Waals surface area contributed by atoms with Gasteiger partial charge in [0.15, 0.2) is 0 Å². The second kappa shape index (κ2) is 7.28. The summed E-state index contributed by atoms with van der Waals surface area (Å²) < 4.78 is 10.8. The lowest BCUT2D eigenvalue weighted by molar-refractivity contribution is -0.154. The van der Waals surface area contributed by atoms with E-state index in [1.807, 2.05) is 0 Å².